The van der Waals surface area contributed by atoms with Crippen molar-refractivity contribution in [3.8, 4) is 45.1 Å². The molecular weight excluding hydrogens is 548 g/mol. The summed E-state index contributed by atoms with van der Waals surface area (Å²) < 4.78 is 11.1. The Bertz CT molecular complexity index is 2570. The molecule has 0 atom stereocenters. The summed E-state index contributed by atoms with van der Waals surface area (Å²) in [6, 6.07) is 56.5. The minimum absolute atomic E-state index is 0.878. The summed E-state index contributed by atoms with van der Waals surface area (Å²) in [7, 11) is 0. The molecule has 0 unspecified atom stereocenters. The van der Waals surface area contributed by atoms with Crippen LogP contribution >= 0.6 is 0 Å². The number of rotatable bonds is 3. The van der Waals surface area contributed by atoms with Gasteiger partial charge in [-0.2, -0.15) is 0 Å². The van der Waals surface area contributed by atoms with Crippen molar-refractivity contribution < 1.29 is 4.74 Å². The Kier molecular flexibility index (Phi) is 5.00. The zero-order chi connectivity index (χ0) is 29.5. The molecule has 210 valence electrons. The number of ether oxygens (including phenoxy) is 1. The fourth-order valence-electron chi connectivity index (χ4n) is 7.35. The van der Waals surface area contributed by atoms with Crippen LogP contribution in [0, 0.1) is 0 Å². The monoisotopic (exact) mass is 574 g/mol. The number of nitrogens with zero attached hydrogens (tertiary/aromatic N) is 2. The number of hydrogen-bond donors (Lipinski definition) is 0. The molecule has 1 aliphatic heterocycles. The molecule has 0 bridgehead atoms. The maximum Gasteiger partial charge on any atom is 0.152 e. The fourth-order valence-corrected chi connectivity index (χ4v) is 7.35. The van der Waals surface area contributed by atoms with Crippen LogP contribution in [0.25, 0.3) is 77.2 Å². The summed E-state index contributed by atoms with van der Waals surface area (Å²) in [5.41, 5.74) is 11.8. The highest BCUT2D eigenvalue weighted by atomic mass is 16.5. The van der Waals surface area contributed by atoms with E-state index in [1.165, 1.54) is 60.3 Å². The van der Waals surface area contributed by atoms with Crippen LogP contribution in [-0.2, 0) is 0 Å². The molecule has 0 saturated heterocycles. The normalized spacial score (nSPS) is 12.2. The molecule has 0 fully saturated rings. The minimum Gasteiger partial charge on any atom is -0.453 e. The third-order valence-corrected chi connectivity index (χ3v) is 9.31. The molecule has 3 nitrogen and oxygen atoms in total. The average Bonchev–Trinajstić information content (AvgIpc) is 3.63. The molecule has 0 amide bonds. The van der Waals surface area contributed by atoms with Crippen LogP contribution in [-0.4, -0.2) is 9.13 Å². The van der Waals surface area contributed by atoms with Gasteiger partial charge in [0.05, 0.1) is 27.8 Å². The lowest BCUT2D eigenvalue weighted by atomic mass is 9.98. The van der Waals surface area contributed by atoms with E-state index >= 15 is 0 Å². The van der Waals surface area contributed by atoms with Gasteiger partial charge in [0.1, 0.15) is 0 Å². The van der Waals surface area contributed by atoms with Crippen molar-refractivity contribution in [1.29, 1.82) is 0 Å². The fraction of sp³-hybridized carbons (Fsp3) is 0. The van der Waals surface area contributed by atoms with Crippen LogP contribution in [0.15, 0.2) is 158 Å². The molecule has 3 heterocycles. The quantitative estimate of drug-likeness (QED) is 0.205. The SMILES string of the molecule is c1cc(-c2ccc(-c3cccc4c5cccc6c5n(c34)-c3ccccc3O6)cc2)cc(-n2c3ccccc3c3ccccc32)c1. The molecule has 2 aromatic heterocycles. The Morgan fingerprint density at radius 1 is 0.378 bits per heavy atom. The van der Waals surface area contributed by atoms with Crippen LogP contribution in [0.4, 0.5) is 0 Å². The summed E-state index contributed by atoms with van der Waals surface area (Å²) in [5.74, 6) is 1.77. The van der Waals surface area contributed by atoms with E-state index in [-0.39, 0.29) is 0 Å². The Labute approximate surface area is 259 Å². The van der Waals surface area contributed by atoms with Crippen molar-refractivity contribution in [2.45, 2.75) is 0 Å². The van der Waals surface area contributed by atoms with Crippen LogP contribution in [0.5, 0.6) is 11.5 Å². The minimum atomic E-state index is 0.878. The largest absolute Gasteiger partial charge is 0.453 e. The van der Waals surface area contributed by atoms with Gasteiger partial charge in [-0.15, -0.1) is 0 Å². The van der Waals surface area contributed by atoms with E-state index in [0.29, 0.717) is 0 Å². The molecule has 1 aliphatic rings. The van der Waals surface area contributed by atoms with E-state index in [0.717, 1.165) is 28.4 Å². The molecule has 45 heavy (non-hydrogen) atoms. The topological polar surface area (TPSA) is 19.1 Å². The van der Waals surface area contributed by atoms with E-state index in [4.69, 9.17) is 4.74 Å². The van der Waals surface area contributed by atoms with Gasteiger partial charge in [-0.3, -0.25) is 0 Å². The highest BCUT2D eigenvalue weighted by Gasteiger charge is 2.25. The number of aromatic nitrogens is 2. The summed E-state index contributed by atoms with van der Waals surface area (Å²) in [4.78, 5) is 0. The summed E-state index contributed by atoms with van der Waals surface area (Å²) in [6.45, 7) is 0. The lowest BCUT2D eigenvalue weighted by Gasteiger charge is -2.21. The van der Waals surface area contributed by atoms with Gasteiger partial charge in [0.15, 0.2) is 11.5 Å². The van der Waals surface area contributed by atoms with Gasteiger partial charge in [0, 0.05) is 32.8 Å². The molecule has 7 aromatic carbocycles. The van der Waals surface area contributed by atoms with Gasteiger partial charge in [-0.05, 0) is 59.2 Å². The first-order chi connectivity index (χ1) is 22.3. The first-order valence-corrected chi connectivity index (χ1v) is 15.4. The highest BCUT2D eigenvalue weighted by molar-refractivity contribution is 6.16. The number of benzene rings is 7. The number of fused-ring (bicyclic) bond motifs is 8. The van der Waals surface area contributed by atoms with Crippen LogP contribution in [0.3, 0.4) is 0 Å². The number of hydrogen-bond acceptors (Lipinski definition) is 1. The predicted molar refractivity (Wildman–Crippen MR) is 186 cm³/mol. The van der Waals surface area contributed by atoms with Crippen LogP contribution < -0.4 is 4.74 Å². The third kappa shape index (κ3) is 3.46. The van der Waals surface area contributed by atoms with E-state index in [1.807, 2.05) is 12.1 Å². The molecule has 0 radical (unpaired) electrons. The number of para-hydroxylation sites is 6. The van der Waals surface area contributed by atoms with Crippen molar-refractivity contribution >= 4 is 43.6 Å². The third-order valence-electron chi connectivity index (χ3n) is 9.31. The summed E-state index contributed by atoms with van der Waals surface area (Å²) >= 11 is 0. The van der Waals surface area contributed by atoms with Crippen molar-refractivity contribution in [3.05, 3.63) is 158 Å². The second-order valence-corrected chi connectivity index (χ2v) is 11.8. The van der Waals surface area contributed by atoms with Crippen molar-refractivity contribution in [2.24, 2.45) is 0 Å². The Morgan fingerprint density at radius 3 is 1.78 bits per heavy atom. The molecule has 3 heteroatoms. The molecule has 0 aliphatic carbocycles. The van der Waals surface area contributed by atoms with Crippen LogP contribution in [0.2, 0.25) is 0 Å². The van der Waals surface area contributed by atoms with Gasteiger partial charge in [-0.25, -0.2) is 0 Å². The first kappa shape index (κ1) is 24.4. The second kappa shape index (κ2) is 9.22. The first-order valence-electron chi connectivity index (χ1n) is 15.4. The second-order valence-electron chi connectivity index (χ2n) is 11.8. The molecule has 9 aromatic rings. The van der Waals surface area contributed by atoms with Crippen molar-refractivity contribution in [1.82, 2.24) is 9.13 Å². The van der Waals surface area contributed by atoms with E-state index in [2.05, 4.69) is 155 Å². The van der Waals surface area contributed by atoms with Gasteiger partial charge in [0.2, 0.25) is 0 Å². The summed E-state index contributed by atoms with van der Waals surface area (Å²) in [5, 5.41) is 4.98. The summed E-state index contributed by atoms with van der Waals surface area (Å²) in [6.07, 6.45) is 0. The standard InChI is InChI=1S/C42H26N2O/c1-3-17-36-32(12-1)33-13-2-4-18-37(33)43(36)30-11-7-10-29(26-30)27-22-24-28(25-23-27)31-14-8-15-34-35-16-9-21-40-42(35)44(41(31)34)38-19-5-6-20-39(38)45-40/h1-26H. The molecular formula is C42H26N2O. The Hall–Kier alpha value is -6.06. The van der Waals surface area contributed by atoms with Gasteiger partial charge >= 0.3 is 0 Å². The maximum atomic E-state index is 6.35. The van der Waals surface area contributed by atoms with Crippen LogP contribution in [0.1, 0.15) is 0 Å². The zero-order valence-electron chi connectivity index (χ0n) is 24.3. The average molecular weight is 575 g/mol. The van der Waals surface area contributed by atoms with Crippen molar-refractivity contribution in [2.75, 3.05) is 0 Å². The molecule has 0 saturated carbocycles. The Balaban J connectivity index is 1.12. The van der Waals surface area contributed by atoms with E-state index in [1.54, 1.807) is 0 Å². The maximum absolute atomic E-state index is 6.35. The van der Waals surface area contributed by atoms with Gasteiger partial charge < -0.3 is 13.9 Å². The lowest BCUT2D eigenvalue weighted by molar-refractivity contribution is 0.476. The van der Waals surface area contributed by atoms with E-state index < -0.39 is 0 Å². The van der Waals surface area contributed by atoms with Gasteiger partial charge in [-0.1, -0.05) is 115 Å². The molecule has 10 rings (SSSR count). The highest BCUT2D eigenvalue weighted by Crippen LogP contribution is 2.47. The molecule has 0 spiro atoms. The Morgan fingerprint density at radius 2 is 0.978 bits per heavy atom. The van der Waals surface area contributed by atoms with Crippen molar-refractivity contribution in [3.63, 3.8) is 0 Å². The smallest absolute Gasteiger partial charge is 0.152 e. The lowest BCUT2D eigenvalue weighted by Crippen LogP contribution is -2.04. The zero-order valence-corrected chi connectivity index (χ0v) is 24.3. The van der Waals surface area contributed by atoms with Gasteiger partial charge in [0.25, 0.3) is 0 Å². The van der Waals surface area contributed by atoms with E-state index in [9.17, 15) is 0 Å². The predicted octanol–water partition coefficient (Wildman–Crippen LogP) is 11.3. The molecule has 0 N–H and O–H groups in total.